The van der Waals surface area contributed by atoms with Gasteiger partial charge in [0.05, 0.1) is 5.69 Å². The molecular formula is C21H25N5O4. The lowest BCUT2D eigenvalue weighted by Crippen LogP contribution is -2.32. The zero-order valence-electron chi connectivity index (χ0n) is 16.8. The molecule has 0 radical (unpaired) electrons. The second-order valence-corrected chi connectivity index (χ2v) is 6.46. The predicted molar refractivity (Wildman–Crippen MR) is 116 cm³/mol. The van der Waals surface area contributed by atoms with Crippen LogP contribution in [-0.4, -0.2) is 55.2 Å². The van der Waals surface area contributed by atoms with E-state index in [0.717, 1.165) is 5.56 Å². The predicted octanol–water partition coefficient (Wildman–Crippen LogP) is 1.50. The van der Waals surface area contributed by atoms with Crippen LogP contribution < -0.4 is 16.6 Å². The number of ether oxygens (including phenoxy) is 1. The van der Waals surface area contributed by atoms with Gasteiger partial charge in [0.25, 0.3) is 5.91 Å². The molecule has 0 bridgehead atoms. The van der Waals surface area contributed by atoms with Gasteiger partial charge < -0.3 is 20.6 Å². The van der Waals surface area contributed by atoms with Gasteiger partial charge in [-0.1, -0.05) is 18.2 Å². The van der Waals surface area contributed by atoms with Gasteiger partial charge >= 0.3 is 5.97 Å². The lowest BCUT2D eigenvalue weighted by Gasteiger charge is -2.17. The van der Waals surface area contributed by atoms with Crippen LogP contribution in [0.3, 0.4) is 0 Å². The Bertz CT molecular complexity index is 910. The van der Waals surface area contributed by atoms with Gasteiger partial charge in [0.1, 0.15) is 19.2 Å². The van der Waals surface area contributed by atoms with Crippen molar-refractivity contribution in [3.8, 4) is 0 Å². The first-order chi connectivity index (χ1) is 14.4. The number of esters is 1. The van der Waals surface area contributed by atoms with Gasteiger partial charge in [-0.3, -0.25) is 9.69 Å². The van der Waals surface area contributed by atoms with E-state index in [1.54, 1.807) is 68.7 Å². The quantitative estimate of drug-likeness (QED) is 0.0936. The van der Waals surface area contributed by atoms with Crippen LogP contribution in [0.1, 0.15) is 15.9 Å². The average Bonchev–Trinajstić information content (AvgIpc) is 2.75. The molecule has 2 rings (SSSR count). The van der Waals surface area contributed by atoms with E-state index in [1.165, 1.54) is 17.3 Å². The molecule has 2 aromatic carbocycles. The van der Waals surface area contributed by atoms with Crippen LogP contribution in [0.2, 0.25) is 0 Å². The maximum atomic E-state index is 12.4. The summed E-state index contributed by atoms with van der Waals surface area (Å²) in [4.78, 5) is 29.7. The number of hydrogen-bond acceptors (Lipinski definition) is 7. The third kappa shape index (κ3) is 7.47. The number of nitrogens with zero attached hydrogens (tertiary/aromatic N) is 2. The minimum absolute atomic E-state index is 0.115. The zero-order chi connectivity index (χ0) is 21.9. The third-order valence-electron chi connectivity index (χ3n) is 3.95. The zero-order valence-corrected chi connectivity index (χ0v) is 16.8. The number of nitrogens with one attached hydrogen (secondary N) is 2. The van der Waals surface area contributed by atoms with Crippen molar-refractivity contribution < 1.29 is 19.4 Å². The fourth-order valence-electron chi connectivity index (χ4n) is 2.24. The molecule has 30 heavy (non-hydrogen) atoms. The van der Waals surface area contributed by atoms with Crippen molar-refractivity contribution in [2.75, 3.05) is 26.0 Å². The van der Waals surface area contributed by atoms with Gasteiger partial charge in [0.15, 0.2) is 0 Å². The molecule has 1 amide bonds. The van der Waals surface area contributed by atoms with Gasteiger partial charge in [-0.2, -0.15) is 0 Å². The van der Waals surface area contributed by atoms with Crippen molar-refractivity contribution in [1.82, 2.24) is 10.3 Å². The summed E-state index contributed by atoms with van der Waals surface area (Å²) in [6.07, 6.45) is 3.33. The van der Waals surface area contributed by atoms with Crippen LogP contribution in [0.5, 0.6) is 0 Å². The molecule has 1 unspecified atom stereocenters. The summed E-state index contributed by atoms with van der Waals surface area (Å²) in [5.41, 5.74) is 4.70. The molecule has 0 fully saturated rings. The number of aliphatic imine (C=N–C) groups is 1. The largest absolute Gasteiger partial charge is 0.458 e. The first-order valence-corrected chi connectivity index (χ1v) is 9.08. The second kappa shape index (κ2) is 11.5. The van der Waals surface area contributed by atoms with Crippen molar-refractivity contribution in [3.05, 3.63) is 65.7 Å². The Morgan fingerprint density at radius 2 is 1.97 bits per heavy atom. The fourth-order valence-corrected chi connectivity index (χ4v) is 2.24. The van der Waals surface area contributed by atoms with Crippen LogP contribution in [0.4, 0.5) is 11.4 Å². The molecular weight excluding hydrogens is 386 g/mol. The fraction of sp³-hybridized carbons (Fsp3) is 0.190. The number of rotatable bonds is 9. The Labute approximate surface area is 174 Å². The number of carbonyl (C=O) groups excluding carboxylic acids is 2. The molecule has 9 heteroatoms. The summed E-state index contributed by atoms with van der Waals surface area (Å²) in [6.45, 7) is -0.115. The van der Waals surface area contributed by atoms with E-state index in [1.807, 2.05) is 0 Å². The van der Waals surface area contributed by atoms with Crippen LogP contribution in [-0.2, 0) is 9.53 Å². The lowest BCUT2D eigenvalue weighted by atomic mass is 10.1. The highest BCUT2D eigenvalue weighted by atomic mass is 16.5. The summed E-state index contributed by atoms with van der Waals surface area (Å²) in [6, 6.07) is 13.7. The van der Waals surface area contributed by atoms with Crippen LogP contribution in [0.25, 0.3) is 6.08 Å². The monoisotopic (exact) mass is 411 g/mol. The molecule has 0 saturated carbocycles. The van der Waals surface area contributed by atoms with E-state index in [9.17, 15) is 14.7 Å². The molecule has 0 saturated heterocycles. The Balaban J connectivity index is 1.92. The summed E-state index contributed by atoms with van der Waals surface area (Å²) in [5, 5.41) is 12.4. The maximum Gasteiger partial charge on any atom is 0.330 e. The van der Waals surface area contributed by atoms with E-state index >= 15 is 0 Å². The third-order valence-corrected chi connectivity index (χ3v) is 3.95. The van der Waals surface area contributed by atoms with Gasteiger partial charge in [0.2, 0.25) is 0 Å². The standard InChI is InChI=1S/C21H25N5O4/c1-26(2)19(27)13-30-20(28)11-8-15-6-9-17(10-7-15)25-21(29)16-4-3-5-18(12-16)23-14-24-22/h3-12,14,19,27H,13,22H2,1-2H3,(H,23,24)(H,25,29)/b11-8+. The molecule has 2 aromatic rings. The molecule has 0 heterocycles. The van der Waals surface area contributed by atoms with Gasteiger partial charge in [-0.15, -0.1) is 0 Å². The van der Waals surface area contributed by atoms with E-state index in [0.29, 0.717) is 16.9 Å². The van der Waals surface area contributed by atoms with Crippen molar-refractivity contribution in [3.63, 3.8) is 0 Å². The minimum Gasteiger partial charge on any atom is -0.458 e. The number of carbonyl (C=O) groups is 2. The SMILES string of the molecule is CN(C)C(O)COC(=O)/C=C/c1ccc(NC(=O)c2cccc(N=CNN)c2)cc1. The Kier molecular flexibility index (Phi) is 8.70. The van der Waals surface area contributed by atoms with Gasteiger partial charge in [-0.25, -0.2) is 15.6 Å². The van der Waals surface area contributed by atoms with Crippen molar-refractivity contribution in [1.29, 1.82) is 0 Å². The van der Waals surface area contributed by atoms with Gasteiger partial charge in [-0.05, 0) is 56.1 Å². The Hall–Kier alpha value is -3.53. The van der Waals surface area contributed by atoms with E-state index in [2.05, 4.69) is 15.7 Å². The molecule has 0 aliphatic rings. The maximum absolute atomic E-state index is 12.4. The lowest BCUT2D eigenvalue weighted by molar-refractivity contribution is -0.143. The molecule has 0 spiro atoms. The summed E-state index contributed by atoms with van der Waals surface area (Å²) in [7, 11) is 3.36. The number of nitrogens with two attached hydrogens (primary N) is 1. The first-order valence-electron chi connectivity index (χ1n) is 9.08. The highest BCUT2D eigenvalue weighted by Gasteiger charge is 2.09. The van der Waals surface area contributed by atoms with Crippen LogP contribution in [0, 0.1) is 0 Å². The van der Waals surface area contributed by atoms with Gasteiger partial charge in [0, 0.05) is 17.3 Å². The van der Waals surface area contributed by atoms with Crippen LogP contribution in [0.15, 0.2) is 59.6 Å². The second-order valence-electron chi connectivity index (χ2n) is 6.46. The van der Waals surface area contributed by atoms with Crippen molar-refractivity contribution >= 4 is 35.7 Å². The van der Waals surface area contributed by atoms with E-state index in [4.69, 9.17) is 10.6 Å². The minimum atomic E-state index is -0.852. The first kappa shape index (κ1) is 22.8. The highest BCUT2D eigenvalue weighted by molar-refractivity contribution is 6.04. The number of aliphatic hydroxyl groups excluding tert-OH is 1. The molecule has 0 aliphatic heterocycles. The Morgan fingerprint density at radius 3 is 2.63 bits per heavy atom. The van der Waals surface area contributed by atoms with Crippen molar-refractivity contribution in [2.45, 2.75) is 6.23 Å². The molecule has 0 aliphatic carbocycles. The summed E-state index contributed by atoms with van der Waals surface area (Å²) < 4.78 is 4.95. The molecule has 1 atom stereocenters. The number of benzene rings is 2. The molecule has 5 N–H and O–H groups in total. The summed E-state index contributed by atoms with van der Waals surface area (Å²) >= 11 is 0. The Morgan fingerprint density at radius 1 is 1.23 bits per heavy atom. The number of aliphatic hydroxyl groups is 1. The normalized spacial score (nSPS) is 12.3. The van der Waals surface area contributed by atoms with E-state index < -0.39 is 12.2 Å². The number of hydrazine groups is 1. The molecule has 158 valence electrons. The molecule has 9 nitrogen and oxygen atoms in total. The number of anilines is 1. The smallest absolute Gasteiger partial charge is 0.330 e. The summed E-state index contributed by atoms with van der Waals surface area (Å²) in [5.74, 6) is 4.31. The average molecular weight is 411 g/mol. The van der Waals surface area contributed by atoms with E-state index in [-0.39, 0.29) is 12.5 Å². The highest BCUT2D eigenvalue weighted by Crippen LogP contribution is 2.16. The number of likely N-dealkylation sites (N-methyl/N-ethyl adjacent to an activating group) is 1. The molecule has 0 aromatic heterocycles. The van der Waals surface area contributed by atoms with Crippen LogP contribution >= 0.6 is 0 Å². The topological polar surface area (TPSA) is 129 Å². The number of amides is 1. The number of hydrogen-bond donors (Lipinski definition) is 4. The van der Waals surface area contributed by atoms with Crippen molar-refractivity contribution in [2.24, 2.45) is 10.8 Å².